The van der Waals surface area contributed by atoms with Crippen molar-refractivity contribution in [2.24, 2.45) is 0 Å². The minimum Gasteiger partial charge on any atom is -0.382 e. The Bertz CT molecular complexity index is 557. The molecule has 0 saturated heterocycles. The first-order valence-corrected chi connectivity index (χ1v) is 7.09. The van der Waals surface area contributed by atoms with E-state index in [9.17, 15) is 5.11 Å². The van der Waals surface area contributed by atoms with Crippen LogP contribution in [-0.2, 0) is 6.54 Å². The number of hydrogen-bond donors (Lipinski definition) is 1. The second kappa shape index (κ2) is 5.17. The van der Waals surface area contributed by atoms with Gasteiger partial charge in [-0.25, -0.2) is 0 Å². The minimum atomic E-state index is -0.576. The van der Waals surface area contributed by atoms with Gasteiger partial charge in [0, 0.05) is 12.7 Å². The van der Waals surface area contributed by atoms with Crippen LogP contribution in [0.15, 0.2) is 36.5 Å². The zero-order valence-electron chi connectivity index (χ0n) is 11.3. The van der Waals surface area contributed by atoms with E-state index in [0.29, 0.717) is 5.92 Å². The molecule has 0 aliphatic heterocycles. The molecule has 0 bridgehead atoms. The van der Waals surface area contributed by atoms with E-state index in [2.05, 4.69) is 24.2 Å². The predicted octanol–water partition coefficient (Wildman–Crippen LogP) is 3.25. The maximum atomic E-state index is 10.6. The van der Waals surface area contributed by atoms with Crippen LogP contribution >= 0.6 is 0 Å². The lowest BCUT2D eigenvalue weighted by atomic mass is 10.0. The molecule has 100 valence electrons. The van der Waals surface area contributed by atoms with E-state index in [1.54, 1.807) is 6.20 Å². The maximum Gasteiger partial charge on any atom is 0.121 e. The highest BCUT2D eigenvalue weighted by Crippen LogP contribution is 2.40. The fraction of sp³-hybridized carbons (Fsp3) is 0.438. The molecule has 1 saturated carbocycles. The second-order valence-electron chi connectivity index (χ2n) is 5.33. The molecule has 1 aromatic heterocycles. The third-order valence-electron chi connectivity index (χ3n) is 3.74. The lowest BCUT2D eigenvalue weighted by molar-refractivity contribution is 0.207. The molecule has 1 aromatic carbocycles. The summed E-state index contributed by atoms with van der Waals surface area (Å²) in [6.07, 6.45) is 4.77. The maximum absolute atomic E-state index is 10.6. The van der Waals surface area contributed by atoms with E-state index in [1.807, 2.05) is 22.9 Å². The summed E-state index contributed by atoms with van der Waals surface area (Å²) in [5, 5.41) is 14.8. The van der Waals surface area contributed by atoms with Gasteiger partial charge in [0.05, 0.1) is 5.69 Å². The highest BCUT2D eigenvalue weighted by Gasteiger charge is 2.24. The van der Waals surface area contributed by atoms with E-state index < -0.39 is 6.10 Å². The number of aliphatic hydroxyl groups is 1. The predicted molar refractivity (Wildman–Crippen MR) is 75.0 cm³/mol. The fourth-order valence-corrected chi connectivity index (χ4v) is 2.54. The van der Waals surface area contributed by atoms with Gasteiger partial charge in [-0.1, -0.05) is 31.2 Å². The molecular formula is C16H20N2O. The normalized spacial score (nSPS) is 16.5. The Hall–Kier alpha value is -1.61. The fourth-order valence-electron chi connectivity index (χ4n) is 2.54. The highest BCUT2D eigenvalue weighted by atomic mass is 16.3. The van der Waals surface area contributed by atoms with Gasteiger partial charge in [-0.2, -0.15) is 5.10 Å². The Balaban J connectivity index is 1.87. The van der Waals surface area contributed by atoms with Gasteiger partial charge >= 0.3 is 0 Å². The number of nitrogens with zero attached hydrogens (tertiary/aromatic N) is 2. The first-order valence-electron chi connectivity index (χ1n) is 7.09. The van der Waals surface area contributed by atoms with Crippen LogP contribution < -0.4 is 0 Å². The quantitative estimate of drug-likeness (QED) is 0.891. The highest BCUT2D eigenvalue weighted by molar-refractivity contribution is 5.33. The summed E-state index contributed by atoms with van der Waals surface area (Å²) < 4.78 is 1.90. The molecular weight excluding hydrogens is 236 g/mol. The van der Waals surface area contributed by atoms with Gasteiger partial charge in [0.2, 0.25) is 0 Å². The average Bonchev–Trinajstić information content (AvgIpc) is 3.19. The lowest BCUT2D eigenvalue weighted by Gasteiger charge is -2.14. The molecule has 1 heterocycles. The van der Waals surface area contributed by atoms with Crippen molar-refractivity contribution >= 4 is 0 Å². The Morgan fingerprint density at radius 1 is 1.37 bits per heavy atom. The Morgan fingerprint density at radius 3 is 2.95 bits per heavy atom. The molecule has 1 aliphatic carbocycles. The van der Waals surface area contributed by atoms with Crippen molar-refractivity contribution in [2.75, 3.05) is 0 Å². The average molecular weight is 256 g/mol. The van der Waals surface area contributed by atoms with E-state index >= 15 is 0 Å². The number of hydrogen-bond acceptors (Lipinski definition) is 2. The molecule has 19 heavy (non-hydrogen) atoms. The van der Waals surface area contributed by atoms with Gasteiger partial charge in [-0.3, -0.25) is 4.68 Å². The van der Waals surface area contributed by atoms with Gasteiger partial charge in [-0.05, 0) is 42.4 Å². The molecule has 0 amide bonds. The van der Waals surface area contributed by atoms with E-state index in [-0.39, 0.29) is 0 Å². The third-order valence-corrected chi connectivity index (χ3v) is 3.74. The Labute approximate surface area is 113 Å². The number of aryl methyl sites for hydroxylation is 1. The summed E-state index contributed by atoms with van der Waals surface area (Å²) in [4.78, 5) is 0. The molecule has 0 radical (unpaired) electrons. The van der Waals surface area contributed by atoms with Gasteiger partial charge in [0.25, 0.3) is 0 Å². The van der Waals surface area contributed by atoms with Gasteiger partial charge in [0.15, 0.2) is 0 Å². The van der Waals surface area contributed by atoms with Crippen molar-refractivity contribution in [3.05, 3.63) is 53.3 Å². The van der Waals surface area contributed by atoms with Gasteiger partial charge in [0.1, 0.15) is 6.10 Å². The lowest BCUT2D eigenvalue weighted by Crippen LogP contribution is -2.10. The molecule has 3 rings (SSSR count). The minimum absolute atomic E-state index is 0.576. The van der Waals surface area contributed by atoms with Crippen LogP contribution in [0.3, 0.4) is 0 Å². The molecule has 0 spiro atoms. The summed E-state index contributed by atoms with van der Waals surface area (Å²) in [6, 6.07) is 10.3. The zero-order valence-corrected chi connectivity index (χ0v) is 11.3. The van der Waals surface area contributed by atoms with Crippen LogP contribution in [0.5, 0.6) is 0 Å². The topological polar surface area (TPSA) is 38.0 Å². The van der Waals surface area contributed by atoms with Crippen molar-refractivity contribution in [2.45, 2.75) is 44.8 Å². The van der Waals surface area contributed by atoms with Gasteiger partial charge in [-0.15, -0.1) is 0 Å². The summed E-state index contributed by atoms with van der Waals surface area (Å²) in [5.41, 5.74) is 3.22. The largest absolute Gasteiger partial charge is 0.382 e. The molecule has 1 fully saturated rings. The molecule has 1 atom stereocenters. The monoisotopic (exact) mass is 256 g/mol. The third kappa shape index (κ3) is 2.56. The first-order chi connectivity index (χ1) is 9.29. The zero-order chi connectivity index (χ0) is 13.2. The molecule has 1 aliphatic rings. The van der Waals surface area contributed by atoms with E-state index in [1.165, 1.54) is 18.4 Å². The Morgan fingerprint density at radius 2 is 2.21 bits per heavy atom. The molecule has 1 unspecified atom stereocenters. The summed E-state index contributed by atoms with van der Waals surface area (Å²) in [7, 11) is 0. The first kappa shape index (κ1) is 12.4. The smallest absolute Gasteiger partial charge is 0.121 e. The van der Waals surface area contributed by atoms with Crippen LogP contribution in [0.25, 0.3) is 0 Å². The molecule has 2 aromatic rings. The van der Waals surface area contributed by atoms with Crippen LogP contribution in [0, 0.1) is 0 Å². The van der Waals surface area contributed by atoms with Crippen molar-refractivity contribution in [1.82, 2.24) is 9.78 Å². The molecule has 1 N–H and O–H groups in total. The number of aliphatic hydroxyl groups excluding tert-OH is 1. The molecule has 3 nitrogen and oxygen atoms in total. The summed E-state index contributed by atoms with van der Waals surface area (Å²) >= 11 is 0. The van der Waals surface area contributed by atoms with Crippen LogP contribution in [0.4, 0.5) is 0 Å². The van der Waals surface area contributed by atoms with Crippen LogP contribution in [0.1, 0.15) is 55.0 Å². The van der Waals surface area contributed by atoms with Crippen LogP contribution in [0.2, 0.25) is 0 Å². The van der Waals surface area contributed by atoms with Crippen molar-refractivity contribution in [3.8, 4) is 0 Å². The molecule has 3 heteroatoms. The SMILES string of the molecule is CCCn1nccc1C(O)c1cccc(C2CC2)c1. The standard InChI is InChI=1S/C16H20N2O/c1-2-10-18-15(8-9-17-18)16(19)14-5-3-4-13(11-14)12-6-7-12/h3-5,8-9,11-12,16,19H,2,6-7,10H2,1H3. The van der Waals surface area contributed by atoms with Crippen molar-refractivity contribution in [3.63, 3.8) is 0 Å². The van der Waals surface area contributed by atoms with E-state index in [0.717, 1.165) is 24.2 Å². The second-order valence-corrected chi connectivity index (χ2v) is 5.33. The van der Waals surface area contributed by atoms with Crippen LogP contribution in [-0.4, -0.2) is 14.9 Å². The summed E-state index contributed by atoms with van der Waals surface area (Å²) in [6.45, 7) is 2.97. The van der Waals surface area contributed by atoms with Crippen molar-refractivity contribution < 1.29 is 5.11 Å². The van der Waals surface area contributed by atoms with Gasteiger partial charge < -0.3 is 5.11 Å². The Kier molecular flexibility index (Phi) is 3.38. The van der Waals surface area contributed by atoms with Crippen molar-refractivity contribution in [1.29, 1.82) is 0 Å². The van der Waals surface area contributed by atoms with E-state index in [4.69, 9.17) is 0 Å². The number of benzene rings is 1. The number of rotatable bonds is 5. The summed E-state index contributed by atoms with van der Waals surface area (Å²) in [5.74, 6) is 0.715. The number of aromatic nitrogens is 2.